The fraction of sp³-hybridized carbons (Fsp3) is 0.556. The zero-order chi connectivity index (χ0) is 14.6. The first kappa shape index (κ1) is 15.4. The molecule has 1 aliphatic rings. The highest BCUT2D eigenvalue weighted by atomic mass is 32.1. The third-order valence-corrected chi connectivity index (χ3v) is 4.82. The summed E-state index contributed by atoms with van der Waals surface area (Å²) < 4.78 is 0. The van der Waals surface area contributed by atoms with Gasteiger partial charge in [0.15, 0.2) is 0 Å². The van der Waals surface area contributed by atoms with E-state index in [1.807, 2.05) is 11.3 Å². The highest BCUT2D eigenvalue weighted by Crippen LogP contribution is 2.31. The molecule has 0 unspecified atom stereocenters. The van der Waals surface area contributed by atoms with Gasteiger partial charge >= 0.3 is 0 Å². The SMILES string of the molecule is CCCCCCc1ccc(C2=CC(C)(C)NC(C)=C2)s1. The van der Waals surface area contributed by atoms with Crippen LogP contribution in [-0.4, -0.2) is 5.54 Å². The zero-order valence-electron chi connectivity index (χ0n) is 13.3. The summed E-state index contributed by atoms with van der Waals surface area (Å²) in [6, 6.07) is 4.60. The third kappa shape index (κ3) is 4.24. The van der Waals surface area contributed by atoms with Crippen molar-refractivity contribution in [2.75, 3.05) is 0 Å². The van der Waals surface area contributed by atoms with Gasteiger partial charge in [-0.2, -0.15) is 0 Å². The number of allylic oxidation sites excluding steroid dienone is 3. The fourth-order valence-corrected chi connectivity index (χ4v) is 3.82. The molecule has 0 amide bonds. The van der Waals surface area contributed by atoms with E-state index in [-0.39, 0.29) is 5.54 Å². The molecule has 0 fully saturated rings. The molecule has 0 spiro atoms. The summed E-state index contributed by atoms with van der Waals surface area (Å²) in [5.41, 5.74) is 2.68. The number of aryl methyl sites for hydroxylation is 1. The molecular weight excluding hydrogens is 262 g/mol. The largest absolute Gasteiger partial charge is 0.380 e. The van der Waals surface area contributed by atoms with Gasteiger partial charge in [0.05, 0.1) is 5.54 Å². The highest BCUT2D eigenvalue weighted by Gasteiger charge is 2.20. The minimum absolute atomic E-state index is 0.0550. The van der Waals surface area contributed by atoms with Crippen molar-refractivity contribution < 1.29 is 0 Å². The molecule has 0 atom stereocenters. The molecule has 2 heteroatoms. The van der Waals surface area contributed by atoms with Crippen molar-refractivity contribution in [1.82, 2.24) is 5.32 Å². The maximum Gasteiger partial charge on any atom is 0.0506 e. The number of thiophene rings is 1. The summed E-state index contributed by atoms with van der Waals surface area (Å²) in [5, 5.41) is 3.50. The van der Waals surface area contributed by atoms with Crippen LogP contribution in [-0.2, 0) is 6.42 Å². The molecule has 1 nitrogen and oxygen atoms in total. The number of hydrogen-bond donors (Lipinski definition) is 1. The van der Waals surface area contributed by atoms with Gasteiger partial charge in [-0.25, -0.2) is 0 Å². The topological polar surface area (TPSA) is 12.0 Å². The van der Waals surface area contributed by atoms with E-state index in [9.17, 15) is 0 Å². The van der Waals surface area contributed by atoms with E-state index in [4.69, 9.17) is 0 Å². The summed E-state index contributed by atoms with van der Waals surface area (Å²) in [4.78, 5) is 2.93. The Morgan fingerprint density at radius 3 is 2.65 bits per heavy atom. The minimum atomic E-state index is 0.0550. The fourth-order valence-electron chi connectivity index (χ4n) is 2.78. The first-order valence-electron chi connectivity index (χ1n) is 7.78. The second-order valence-corrected chi connectivity index (χ2v) is 7.52. The Bertz CT molecular complexity index is 505. The van der Waals surface area contributed by atoms with Crippen LogP contribution in [0.5, 0.6) is 0 Å². The monoisotopic (exact) mass is 289 g/mol. The van der Waals surface area contributed by atoms with Gasteiger partial charge in [-0.05, 0) is 57.4 Å². The Labute approximate surface area is 127 Å². The van der Waals surface area contributed by atoms with Gasteiger partial charge in [-0.1, -0.05) is 32.3 Å². The van der Waals surface area contributed by atoms with E-state index in [0.717, 1.165) is 0 Å². The van der Waals surface area contributed by atoms with Crippen LogP contribution in [0.4, 0.5) is 0 Å². The summed E-state index contributed by atoms with van der Waals surface area (Å²) in [7, 11) is 0. The van der Waals surface area contributed by atoms with Gasteiger partial charge in [-0.3, -0.25) is 0 Å². The first-order chi connectivity index (χ1) is 9.50. The van der Waals surface area contributed by atoms with Crippen LogP contribution in [0.1, 0.15) is 63.1 Å². The summed E-state index contributed by atoms with van der Waals surface area (Å²) in [6.45, 7) is 8.86. The normalized spacial score (nSPS) is 17.4. The highest BCUT2D eigenvalue weighted by molar-refractivity contribution is 7.13. The second kappa shape index (κ2) is 6.62. The lowest BCUT2D eigenvalue weighted by Gasteiger charge is -2.29. The Morgan fingerprint density at radius 2 is 1.95 bits per heavy atom. The maximum absolute atomic E-state index is 3.50. The molecule has 2 heterocycles. The van der Waals surface area contributed by atoms with Crippen molar-refractivity contribution in [2.24, 2.45) is 0 Å². The molecule has 0 saturated carbocycles. The van der Waals surface area contributed by atoms with Gasteiger partial charge in [0.1, 0.15) is 0 Å². The van der Waals surface area contributed by atoms with E-state index in [1.54, 1.807) is 0 Å². The Hall–Kier alpha value is -1.02. The van der Waals surface area contributed by atoms with Crippen LogP contribution in [0.15, 0.2) is 30.0 Å². The Kier molecular flexibility index (Phi) is 5.09. The molecule has 2 rings (SSSR count). The lowest BCUT2D eigenvalue weighted by molar-refractivity contribution is 0.527. The number of dihydropyridines is 1. The van der Waals surface area contributed by atoms with Crippen molar-refractivity contribution in [3.8, 4) is 0 Å². The average Bonchev–Trinajstić information content (AvgIpc) is 2.81. The average molecular weight is 289 g/mol. The first-order valence-corrected chi connectivity index (χ1v) is 8.60. The van der Waals surface area contributed by atoms with Crippen LogP contribution >= 0.6 is 11.3 Å². The van der Waals surface area contributed by atoms with E-state index in [0.29, 0.717) is 0 Å². The molecular formula is C18H27NS. The van der Waals surface area contributed by atoms with Crippen LogP contribution in [0, 0.1) is 0 Å². The van der Waals surface area contributed by atoms with E-state index < -0.39 is 0 Å². The molecule has 0 aromatic carbocycles. The van der Waals surface area contributed by atoms with E-state index >= 15 is 0 Å². The lowest BCUT2D eigenvalue weighted by atomic mass is 9.96. The van der Waals surface area contributed by atoms with Crippen LogP contribution in [0.3, 0.4) is 0 Å². The number of hydrogen-bond acceptors (Lipinski definition) is 2. The molecule has 1 aromatic rings. The number of unbranched alkanes of at least 4 members (excludes halogenated alkanes) is 3. The minimum Gasteiger partial charge on any atom is -0.380 e. The van der Waals surface area contributed by atoms with Crippen molar-refractivity contribution in [3.05, 3.63) is 39.7 Å². The third-order valence-electron chi connectivity index (χ3n) is 3.63. The van der Waals surface area contributed by atoms with Crippen LogP contribution in [0.2, 0.25) is 0 Å². The molecule has 0 saturated heterocycles. The van der Waals surface area contributed by atoms with Crippen molar-refractivity contribution in [2.45, 2.75) is 65.3 Å². The van der Waals surface area contributed by atoms with Crippen molar-refractivity contribution in [3.63, 3.8) is 0 Å². The van der Waals surface area contributed by atoms with Gasteiger partial charge < -0.3 is 5.32 Å². The Balaban J connectivity index is 2.03. The van der Waals surface area contributed by atoms with Gasteiger partial charge in [0, 0.05) is 15.5 Å². The predicted octanol–water partition coefficient (Wildman–Crippen LogP) is 5.54. The van der Waals surface area contributed by atoms with Crippen LogP contribution in [0.25, 0.3) is 5.57 Å². The van der Waals surface area contributed by atoms with Crippen LogP contribution < -0.4 is 5.32 Å². The van der Waals surface area contributed by atoms with E-state index in [1.165, 1.54) is 53.1 Å². The zero-order valence-corrected chi connectivity index (χ0v) is 14.1. The molecule has 1 aliphatic heterocycles. The summed E-state index contributed by atoms with van der Waals surface area (Å²) >= 11 is 1.96. The smallest absolute Gasteiger partial charge is 0.0506 e. The molecule has 110 valence electrons. The molecule has 0 radical (unpaired) electrons. The second-order valence-electron chi connectivity index (χ2n) is 6.35. The summed E-state index contributed by atoms with van der Waals surface area (Å²) in [5.74, 6) is 0. The number of rotatable bonds is 6. The summed E-state index contributed by atoms with van der Waals surface area (Å²) in [6.07, 6.45) is 11.2. The van der Waals surface area contributed by atoms with Gasteiger partial charge in [0.25, 0.3) is 0 Å². The van der Waals surface area contributed by atoms with E-state index in [2.05, 4.69) is 57.3 Å². The van der Waals surface area contributed by atoms with Crippen molar-refractivity contribution in [1.29, 1.82) is 0 Å². The number of nitrogens with one attached hydrogen (secondary N) is 1. The predicted molar refractivity (Wildman–Crippen MR) is 91.1 cm³/mol. The standard InChI is InChI=1S/C18H27NS/c1-5-6-7-8-9-16-10-11-17(20-16)15-12-14(2)19-18(3,4)13-15/h10-13,19H,5-9H2,1-4H3. The lowest BCUT2D eigenvalue weighted by Crippen LogP contribution is -2.37. The molecule has 20 heavy (non-hydrogen) atoms. The van der Waals surface area contributed by atoms with Gasteiger partial charge in [-0.15, -0.1) is 11.3 Å². The quantitative estimate of drug-likeness (QED) is 0.678. The molecule has 1 aromatic heterocycles. The van der Waals surface area contributed by atoms with Gasteiger partial charge in [0.2, 0.25) is 0 Å². The molecule has 0 bridgehead atoms. The Morgan fingerprint density at radius 1 is 1.15 bits per heavy atom. The maximum atomic E-state index is 3.50. The van der Waals surface area contributed by atoms with Crippen molar-refractivity contribution >= 4 is 16.9 Å². The molecule has 1 N–H and O–H groups in total. The molecule has 0 aliphatic carbocycles.